The molecule has 0 spiro atoms. The lowest BCUT2D eigenvalue weighted by Gasteiger charge is -2.15. The van der Waals surface area contributed by atoms with Crippen LogP contribution in [0.4, 0.5) is 0 Å². The fourth-order valence-corrected chi connectivity index (χ4v) is 1.95. The SMILES string of the molecule is CC(C)OCCCCNC(C)c1ccc(OCC#N)cc1. The molecule has 1 rings (SSSR count). The summed E-state index contributed by atoms with van der Waals surface area (Å²) in [5.74, 6) is 0.735. The molecule has 0 amide bonds. The van der Waals surface area contributed by atoms with Crippen molar-refractivity contribution in [2.45, 2.75) is 45.8 Å². The molecule has 116 valence electrons. The Morgan fingerprint density at radius 1 is 1.14 bits per heavy atom. The predicted octanol–water partition coefficient (Wildman–Crippen LogP) is 3.44. The molecule has 1 aromatic rings. The van der Waals surface area contributed by atoms with Gasteiger partial charge in [0.25, 0.3) is 0 Å². The van der Waals surface area contributed by atoms with E-state index in [0.717, 1.165) is 31.7 Å². The number of nitriles is 1. The fraction of sp³-hybridized carbons (Fsp3) is 0.588. The van der Waals surface area contributed by atoms with Gasteiger partial charge in [0.2, 0.25) is 0 Å². The molecule has 0 heterocycles. The molecule has 0 saturated carbocycles. The molecule has 0 radical (unpaired) electrons. The van der Waals surface area contributed by atoms with Crippen LogP contribution in [0.5, 0.6) is 5.75 Å². The second-order valence-electron chi connectivity index (χ2n) is 5.32. The van der Waals surface area contributed by atoms with Crippen LogP contribution in [0.1, 0.15) is 45.2 Å². The van der Waals surface area contributed by atoms with Crippen molar-refractivity contribution in [2.24, 2.45) is 0 Å². The van der Waals surface area contributed by atoms with E-state index in [4.69, 9.17) is 14.7 Å². The Morgan fingerprint density at radius 3 is 2.48 bits per heavy atom. The highest BCUT2D eigenvalue weighted by Gasteiger charge is 2.04. The van der Waals surface area contributed by atoms with Gasteiger partial charge in [-0.25, -0.2) is 0 Å². The van der Waals surface area contributed by atoms with Crippen LogP contribution in [0.2, 0.25) is 0 Å². The van der Waals surface area contributed by atoms with Crippen LogP contribution in [0.3, 0.4) is 0 Å². The average molecular weight is 290 g/mol. The maximum atomic E-state index is 8.47. The number of hydrogen-bond donors (Lipinski definition) is 1. The van der Waals surface area contributed by atoms with Gasteiger partial charge in [0, 0.05) is 12.6 Å². The first-order valence-corrected chi connectivity index (χ1v) is 7.58. The molecule has 0 aliphatic heterocycles. The van der Waals surface area contributed by atoms with E-state index in [9.17, 15) is 0 Å². The van der Waals surface area contributed by atoms with Gasteiger partial charge in [0.05, 0.1) is 6.10 Å². The van der Waals surface area contributed by atoms with Gasteiger partial charge < -0.3 is 14.8 Å². The summed E-state index contributed by atoms with van der Waals surface area (Å²) in [4.78, 5) is 0. The van der Waals surface area contributed by atoms with Crippen LogP contribution in [0.25, 0.3) is 0 Å². The largest absolute Gasteiger partial charge is 0.479 e. The summed E-state index contributed by atoms with van der Waals surface area (Å²) in [5, 5.41) is 12.0. The number of rotatable bonds is 10. The molecule has 0 aliphatic carbocycles. The highest BCUT2D eigenvalue weighted by molar-refractivity contribution is 5.29. The monoisotopic (exact) mass is 290 g/mol. The molecule has 1 N–H and O–H groups in total. The molecule has 21 heavy (non-hydrogen) atoms. The van der Waals surface area contributed by atoms with E-state index in [1.165, 1.54) is 5.56 Å². The third-order valence-corrected chi connectivity index (χ3v) is 3.16. The summed E-state index contributed by atoms with van der Waals surface area (Å²) in [5.41, 5.74) is 1.22. The third kappa shape index (κ3) is 7.69. The predicted molar refractivity (Wildman–Crippen MR) is 84.3 cm³/mol. The summed E-state index contributed by atoms with van der Waals surface area (Å²) in [6, 6.07) is 10.1. The zero-order valence-electron chi connectivity index (χ0n) is 13.3. The Hall–Kier alpha value is -1.57. The quantitative estimate of drug-likeness (QED) is 0.671. The zero-order chi connectivity index (χ0) is 15.5. The van der Waals surface area contributed by atoms with Gasteiger partial charge in [-0.2, -0.15) is 5.26 Å². The lowest BCUT2D eigenvalue weighted by molar-refractivity contribution is 0.0759. The summed E-state index contributed by atoms with van der Waals surface area (Å²) in [6.07, 6.45) is 2.51. The maximum absolute atomic E-state index is 8.47. The lowest BCUT2D eigenvalue weighted by atomic mass is 10.1. The molecule has 0 saturated heterocycles. The second kappa shape index (κ2) is 10.2. The van der Waals surface area contributed by atoms with Crippen molar-refractivity contribution in [1.82, 2.24) is 5.32 Å². The molecule has 0 bridgehead atoms. The molecule has 0 fully saturated rings. The molecule has 4 heteroatoms. The average Bonchev–Trinajstić information content (AvgIpc) is 2.48. The Morgan fingerprint density at radius 2 is 1.86 bits per heavy atom. The zero-order valence-corrected chi connectivity index (χ0v) is 13.3. The van der Waals surface area contributed by atoms with Gasteiger partial charge in [0.15, 0.2) is 6.61 Å². The lowest BCUT2D eigenvalue weighted by Crippen LogP contribution is -2.20. The summed E-state index contributed by atoms with van der Waals surface area (Å²) < 4.78 is 10.8. The van der Waals surface area contributed by atoms with Gasteiger partial charge in [0.1, 0.15) is 11.8 Å². The van der Waals surface area contributed by atoms with Crippen LogP contribution in [-0.4, -0.2) is 25.9 Å². The van der Waals surface area contributed by atoms with Crippen molar-refractivity contribution in [2.75, 3.05) is 19.8 Å². The Bertz CT molecular complexity index is 423. The molecule has 0 aliphatic rings. The number of unbranched alkanes of at least 4 members (excludes halogenated alkanes) is 1. The minimum Gasteiger partial charge on any atom is -0.479 e. The van der Waals surface area contributed by atoms with E-state index in [2.05, 4.69) is 26.1 Å². The van der Waals surface area contributed by atoms with Crippen molar-refractivity contribution in [3.05, 3.63) is 29.8 Å². The molecular weight excluding hydrogens is 264 g/mol. The second-order valence-corrected chi connectivity index (χ2v) is 5.32. The van der Waals surface area contributed by atoms with Crippen LogP contribution in [0, 0.1) is 11.3 Å². The number of ether oxygens (including phenoxy) is 2. The van der Waals surface area contributed by atoms with E-state index >= 15 is 0 Å². The molecular formula is C17H26N2O2. The van der Waals surface area contributed by atoms with Crippen LogP contribution < -0.4 is 10.1 Å². The first-order chi connectivity index (χ1) is 10.1. The minimum absolute atomic E-state index is 0.0889. The smallest absolute Gasteiger partial charge is 0.174 e. The number of nitrogens with one attached hydrogen (secondary N) is 1. The Labute approximate surface area is 128 Å². The number of hydrogen-bond acceptors (Lipinski definition) is 4. The minimum atomic E-state index is 0.0889. The van der Waals surface area contributed by atoms with Gasteiger partial charge in [-0.15, -0.1) is 0 Å². The van der Waals surface area contributed by atoms with Gasteiger partial charge in [-0.3, -0.25) is 0 Å². The first-order valence-electron chi connectivity index (χ1n) is 7.58. The number of nitrogens with zero attached hydrogens (tertiary/aromatic N) is 1. The van der Waals surface area contributed by atoms with Gasteiger partial charge in [-0.05, 0) is 57.9 Å². The third-order valence-electron chi connectivity index (χ3n) is 3.16. The molecule has 4 nitrogen and oxygen atoms in total. The van der Waals surface area contributed by atoms with Gasteiger partial charge in [-0.1, -0.05) is 12.1 Å². The van der Waals surface area contributed by atoms with Crippen molar-refractivity contribution in [1.29, 1.82) is 5.26 Å². The topological polar surface area (TPSA) is 54.3 Å². The normalized spacial score (nSPS) is 12.1. The van der Waals surface area contributed by atoms with Crippen molar-refractivity contribution in [3.63, 3.8) is 0 Å². The van der Waals surface area contributed by atoms with Gasteiger partial charge >= 0.3 is 0 Å². The van der Waals surface area contributed by atoms with Crippen LogP contribution >= 0.6 is 0 Å². The summed E-state index contributed by atoms with van der Waals surface area (Å²) in [7, 11) is 0. The highest BCUT2D eigenvalue weighted by Crippen LogP contribution is 2.17. The van der Waals surface area contributed by atoms with Crippen molar-refractivity contribution in [3.8, 4) is 11.8 Å². The van der Waals surface area contributed by atoms with Crippen LogP contribution in [0.15, 0.2) is 24.3 Å². The van der Waals surface area contributed by atoms with E-state index in [0.29, 0.717) is 12.1 Å². The molecule has 1 unspecified atom stereocenters. The van der Waals surface area contributed by atoms with Crippen molar-refractivity contribution < 1.29 is 9.47 Å². The van der Waals surface area contributed by atoms with E-state index in [1.807, 2.05) is 30.3 Å². The number of benzene rings is 1. The van der Waals surface area contributed by atoms with Crippen molar-refractivity contribution >= 4 is 0 Å². The standard InChI is InChI=1S/C17H26N2O2/c1-14(2)20-12-5-4-11-19-15(3)16-6-8-17(9-7-16)21-13-10-18/h6-9,14-15,19H,4-5,11-13H2,1-3H3. The Balaban J connectivity index is 2.22. The molecule has 1 aromatic carbocycles. The van der Waals surface area contributed by atoms with E-state index < -0.39 is 0 Å². The maximum Gasteiger partial charge on any atom is 0.174 e. The van der Waals surface area contributed by atoms with Crippen LogP contribution in [-0.2, 0) is 4.74 Å². The Kier molecular flexibility index (Phi) is 8.49. The molecule has 1 atom stereocenters. The highest BCUT2D eigenvalue weighted by atomic mass is 16.5. The molecule has 0 aromatic heterocycles. The van der Waals surface area contributed by atoms with E-state index in [-0.39, 0.29) is 6.61 Å². The van der Waals surface area contributed by atoms with E-state index in [1.54, 1.807) is 0 Å². The first kappa shape index (κ1) is 17.5. The summed E-state index contributed by atoms with van der Waals surface area (Å²) >= 11 is 0. The fourth-order valence-electron chi connectivity index (χ4n) is 1.95. The summed E-state index contributed by atoms with van der Waals surface area (Å²) in [6.45, 7) is 8.17.